The molecule has 0 aliphatic carbocycles. The number of halogens is 1. The molecule has 0 saturated carbocycles. The summed E-state index contributed by atoms with van der Waals surface area (Å²) in [6, 6.07) is 8.69. The summed E-state index contributed by atoms with van der Waals surface area (Å²) in [4.78, 5) is 12.3. The standard InChI is InChI=1S/C20H25FN2O4/c1-12(2)27-15-6-8-18(17(21)11-15)23-20(24)22-13(3)16-10-14(25-4)7-9-19(16)26-5/h6-13H,1-5H3,(H2,22,23,24). The van der Waals surface area contributed by atoms with Gasteiger partial charge in [-0.25, -0.2) is 9.18 Å². The Bertz CT molecular complexity index is 796. The third kappa shape index (κ3) is 5.51. The second kappa shape index (κ2) is 9.12. The van der Waals surface area contributed by atoms with Crippen LogP contribution >= 0.6 is 0 Å². The molecule has 1 atom stereocenters. The van der Waals surface area contributed by atoms with Gasteiger partial charge in [0.2, 0.25) is 0 Å². The van der Waals surface area contributed by atoms with E-state index in [0.717, 1.165) is 5.56 Å². The molecule has 0 spiro atoms. The molecule has 2 amide bonds. The molecule has 0 fully saturated rings. The van der Waals surface area contributed by atoms with Crippen LogP contribution in [-0.2, 0) is 0 Å². The molecular formula is C20H25FN2O4. The third-order valence-corrected chi connectivity index (χ3v) is 3.81. The predicted octanol–water partition coefficient (Wildman–Crippen LogP) is 4.51. The molecule has 0 aliphatic heterocycles. The first-order chi connectivity index (χ1) is 12.8. The second-order valence-electron chi connectivity index (χ2n) is 6.24. The lowest BCUT2D eigenvalue weighted by Gasteiger charge is -2.19. The van der Waals surface area contributed by atoms with Crippen LogP contribution in [0, 0.1) is 5.82 Å². The fourth-order valence-corrected chi connectivity index (χ4v) is 2.55. The van der Waals surface area contributed by atoms with Crippen molar-refractivity contribution in [2.75, 3.05) is 19.5 Å². The molecule has 0 radical (unpaired) electrons. The largest absolute Gasteiger partial charge is 0.497 e. The third-order valence-electron chi connectivity index (χ3n) is 3.81. The first-order valence-electron chi connectivity index (χ1n) is 8.59. The van der Waals surface area contributed by atoms with E-state index in [4.69, 9.17) is 14.2 Å². The second-order valence-corrected chi connectivity index (χ2v) is 6.24. The average molecular weight is 376 g/mol. The molecule has 1 unspecified atom stereocenters. The predicted molar refractivity (Wildman–Crippen MR) is 102 cm³/mol. The zero-order valence-corrected chi connectivity index (χ0v) is 16.1. The number of carbonyl (C=O) groups is 1. The Kier molecular flexibility index (Phi) is 6.87. The van der Waals surface area contributed by atoms with Crippen LogP contribution in [0.2, 0.25) is 0 Å². The molecule has 0 aromatic heterocycles. The first-order valence-corrected chi connectivity index (χ1v) is 8.59. The minimum atomic E-state index is -0.574. The summed E-state index contributed by atoms with van der Waals surface area (Å²) in [5, 5.41) is 5.27. The van der Waals surface area contributed by atoms with Gasteiger partial charge in [-0.1, -0.05) is 0 Å². The average Bonchev–Trinajstić information content (AvgIpc) is 2.62. The van der Waals surface area contributed by atoms with Gasteiger partial charge in [0.25, 0.3) is 0 Å². The van der Waals surface area contributed by atoms with Gasteiger partial charge in [-0.2, -0.15) is 0 Å². The highest BCUT2D eigenvalue weighted by Gasteiger charge is 2.16. The van der Waals surface area contributed by atoms with E-state index in [1.54, 1.807) is 45.4 Å². The highest BCUT2D eigenvalue weighted by molar-refractivity contribution is 5.89. The van der Waals surface area contributed by atoms with Gasteiger partial charge in [-0.05, 0) is 51.1 Å². The Labute approximate surface area is 158 Å². The molecule has 0 bridgehead atoms. The SMILES string of the molecule is COc1ccc(OC)c(C(C)NC(=O)Nc2ccc(OC(C)C)cc2F)c1. The number of methoxy groups -OCH3 is 2. The number of urea groups is 1. The first kappa shape index (κ1) is 20.4. The van der Waals surface area contributed by atoms with Gasteiger partial charge in [0.15, 0.2) is 0 Å². The fourth-order valence-electron chi connectivity index (χ4n) is 2.55. The summed E-state index contributed by atoms with van der Waals surface area (Å²) in [5.41, 5.74) is 0.807. The summed E-state index contributed by atoms with van der Waals surface area (Å²) in [6.07, 6.45) is -0.0646. The number of benzene rings is 2. The van der Waals surface area contributed by atoms with E-state index in [-0.39, 0.29) is 17.8 Å². The van der Waals surface area contributed by atoms with E-state index in [0.29, 0.717) is 17.2 Å². The molecular weight excluding hydrogens is 351 g/mol. The maximum atomic E-state index is 14.2. The molecule has 146 valence electrons. The maximum absolute atomic E-state index is 14.2. The molecule has 2 N–H and O–H groups in total. The number of anilines is 1. The number of ether oxygens (including phenoxy) is 3. The Balaban J connectivity index is 2.07. The zero-order valence-electron chi connectivity index (χ0n) is 16.1. The number of carbonyl (C=O) groups excluding carboxylic acids is 1. The van der Waals surface area contributed by atoms with Gasteiger partial charge < -0.3 is 24.8 Å². The van der Waals surface area contributed by atoms with Crippen molar-refractivity contribution in [1.82, 2.24) is 5.32 Å². The van der Waals surface area contributed by atoms with Crippen molar-refractivity contribution in [3.05, 3.63) is 47.8 Å². The van der Waals surface area contributed by atoms with Crippen molar-refractivity contribution in [2.45, 2.75) is 32.9 Å². The summed E-state index contributed by atoms with van der Waals surface area (Å²) in [5.74, 6) is 1.09. The van der Waals surface area contributed by atoms with Crippen LogP contribution in [0.15, 0.2) is 36.4 Å². The van der Waals surface area contributed by atoms with E-state index < -0.39 is 11.8 Å². The minimum Gasteiger partial charge on any atom is -0.497 e. The number of hydrogen-bond acceptors (Lipinski definition) is 4. The van der Waals surface area contributed by atoms with Gasteiger partial charge >= 0.3 is 6.03 Å². The van der Waals surface area contributed by atoms with Crippen molar-refractivity contribution >= 4 is 11.7 Å². The van der Waals surface area contributed by atoms with Gasteiger partial charge in [0.05, 0.1) is 32.1 Å². The van der Waals surface area contributed by atoms with E-state index in [1.807, 2.05) is 13.8 Å². The molecule has 0 heterocycles. The topological polar surface area (TPSA) is 68.8 Å². The van der Waals surface area contributed by atoms with E-state index in [1.165, 1.54) is 12.1 Å². The van der Waals surface area contributed by atoms with E-state index >= 15 is 0 Å². The lowest BCUT2D eigenvalue weighted by Crippen LogP contribution is -2.31. The van der Waals surface area contributed by atoms with Gasteiger partial charge in [0.1, 0.15) is 23.1 Å². The van der Waals surface area contributed by atoms with Gasteiger partial charge in [-0.3, -0.25) is 0 Å². The molecule has 2 rings (SSSR count). The van der Waals surface area contributed by atoms with Crippen LogP contribution in [0.5, 0.6) is 17.2 Å². The summed E-state index contributed by atoms with van der Waals surface area (Å²) < 4.78 is 30.2. The Morgan fingerprint density at radius 1 is 1.00 bits per heavy atom. The van der Waals surface area contributed by atoms with Crippen LogP contribution in [-0.4, -0.2) is 26.4 Å². The summed E-state index contributed by atoms with van der Waals surface area (Å²) in [6.45, 7) is 5.50. The van der Waals surface area contributed by atoms with Crippen molar-refractivity contribution in [3.63, 3.8) is 0 Å². The molecule has 0 aliphatic rings. The molecule has 2 aromatic rings. The van der Waals surface area contributed by atoms with Crippen LogP contribution in [0.4, 0.5) is 14.9 Å². The van der Waals surface area contributed by atoms with Crippen molar-refractivity contribution in [3.8, 4) is 17.2 Å². The lowest BCUT2D eigenvalue weighted by atomic mass is 10.1. The smallest absolute Gasteiger partial charge is 0.319 e. The summed E-state index contributed by atoms with van der Waals surface area (Å²) in [7, 11) is 3.11. The minimum absolute atomic E-state index is 0.0633. The maximum Gasteiger partial charge on any atom is 0.319 e. The number of hydrogen-bond donors (Lipinski definition) is 2. The van der Waals surface area contributed by atoms with Crippen LogP contribution < -0.4 is 24.8 Å². The molecule has 27 heavy (non-hydrogen) atoms. The van der Waals surface area contributed by atoms with Crippen LogP contribution in [0.3, 0.4) is 0 Å². The Morgan fingerprint density at radius 2 is 1.70 bits per heavy atom. The molecule has 6 nitrogen and oxygen atoms in total. The number of amides is 2. The quantitative estimate of drug-likeness (QED) is 0.746. The van der Waals surface area contributed by atoms with Crippen LogP contribution in [0.25, 0.3) is 0 Å². The van der Waals surface area contributed by atoms with Crippen LogP contribution in [0.1, 0.15) is 32.4 Å². The van der Waals surface area contributed by atoms with Gasteiger partial charge in [-0.15, -0.1) is 0 Å². The lowest BCUT2D eigenvalue weighted by molar-refractivity contribution is 0.241. The van der Waals surface area contributed by atoms with Crippen molar-refractivity contribution < 1.29 is 23.4 Å². The normalized spacial score (nSPS) is 11.7. The fraction of sp³-hybridized carbons (Fsp3) is 0.350. The molecule has 0 saturated heterocycles. The highest BCUT2D eigenvalue weighted by atomic mass is 19.1. The highest BCUT2D eigenvalue weighted by Crippen LogP contribution is 2.29. The Hall–Kier alpha value is -2.96. The van der Waals surface area contributed by atoms with Gasteiger partial charge in [0, 0.05) is 11.6 Å². The monoisotopic (exact) mass is 376 g/mol. The Morgan fingerprint density at radius 3 is 2.30 bits per heavy atom. The zero-order chi connectivity index (χ0) is 20.0. The number of rotatable bonds is 7. The van der Waals surface area contributed by atoms with E-state index in [9.17, 15) is 9.18 Å². The molecule has 2 aromatic carbocycles. The summed E-state index contributed by atoms with van der Waals surface area (Å²) >= 11 is 0. The number of nitrogens with one attached hydrogen (secondary N) is 2. The van der Waals surface area contributed by atoms with Crippen molar-refractivity contribution in [1.29, 1.82) is 0 Å². The van der Waals surface area contributed by atoms with E-state index in [2.05, 4.69) is 10.6 Å². The van der Waals surface area contributed by atoms with Crippen molar-refractivity contribution in [2.24, 2.45) is 0 Å². The molecule has 7 heteroatoms.